The van der Waals surface area contributed by atoms with E-state index < -0.39 is 20.9 Å². The van der Waals surface area contributed by atoms with Gasteiger partial charge in [0.1, 0.15) is 18.2 Å². The highest BCUT2D eigenvalue weighted by Gasteiger charge is 2.16. The highest BCUT2D eigenvalue weighted by Crippen LogP contribution is 2.17. The first-order chi connectivity index (χ1) is 8.74. The molecule has 19 heavy (non-hydrogen) atoms. The fourth-order valence-corrected chi connectivity index (χ4v) is 2.17. The van der Waals surface area contributed by atoms with Gasteiger partial charge in [-0.15, -0.1) is 0 Å². The molecule has 0 bridgehead atoms. The number of hydrogen-bond donors (Lipinski definition) is 0. The Morgan fingerprint density at radius 3 is 2.47 bits per heavy atom. The Balaban J connectivity index is 2.65. The number of carbonyl (C=O) groups excluding carboxylic acids is 1. The molecule has 106 valence electrons. The molecule has 1 aromatic carbocycles. The predicted molar refractivity (Wildman–Crippen MR) is 70.8 cm³/mol. The first-order valence-corrected chi connectivity index (χ1v) is 7.60. The van der Waals surface area contributed by atoms with E-state index in [0.717, 1.165) is 6.07 Å². The molecule has 0 saturated heterocycles. The molecule has 0 aromatic heterocycles. The molecule has 0 amide bonds. The molecule has 0 N–H and O–H groups in total. The van der Waals surface area contributed by atoms with E-state index in [1.54, 1.807) is 13.8 Å². The molecule has 0 aliphatic carbocycles. The smallest absolute Gasteiger partial charge is 0.162 e. The molecule has 0 atom stereocenters. The van der Waals surface area contributed by atoms with E-state index in [1.807, 2.05) is 0 Å². The second-order valence-electron chi connectivity index (χ2n) is 4.46. The summed E-state index contributed by atoms with van der Waals surface area (Å²) in [6, 6.07) is 3.85. The van der Waals surface area contributed by atoms with E-state index in [2.05, 4.69) is 0 Å². The fraction of sp³-hybridized carbons (Fsp3) is 0.462. The topological polar surface area (TPSA) is 60.4 Å². The molecular weight excluding hydrogens is 271 g/mol. The lowest BCUT2D eigenvalue weighted by Crippen LogP contribution is -2.22. The van der Waals surface area contributed by atoms with Crippen LogP contribution in [0.25, 0.3) is 0 Å². The Labute approximate surface area is 112 Å². The summed E-state index contributed by atoms with van der Waals surface area (Å²) in [6.07, 6.45) is 0. The molecular formula is C13H17FO4S. The van der Waals surface area contributed by atoms with Gasteiger partial charge in [-0.25, -0.2) is 12.8 Å². The summed E-state index contributed by atoms with van der Waals surface area (Å²) in [5.41, 5.74) is -0.0119. The van der Waals surface area contributed by atoms with Crippen LogP contribution >= 0.6 is 0 Å². The van der Waals surface area contributed by atoms with Crippen LogP contribution < -0.4 is 4.74 Å². The van der Waals surface area contributed by atoms with Gasteiger partial charge >= 0.3 is 0 Å². The molecule has 1 rings (SSSR count). The maximum Gasteiger partial charge on any atom is 0.162 e. The third-order valence-electron chi connectivity index (χ3n) is 2.67. The monoisotopic (exact) mass is 288 g/mol. The van der Waals surface area contributed by atoms with Gasteiger partial charge in [-0.3, -0.25) is 4.79 Å². The van der Waals surface area contributed by atoms with Crippen LogP contribution in [0.15, 0.2) is 18.2 Å². The highest BCUT2D eigenvalue weighted by molar-refractivity contribution is 7.91. The molecule has 4 nitrogen and oxygen atoms in total. The molecule has 0 aliphatic heterocycles. The number of hydrogen-bond acceptors (Lipinski definition) is 4. The average Bonchev–Trinajstić information content (AvgIpc) is 2.28. The number of ketones is 1. The van der Waals surface area contributed by atoms with Crippen LogP contribution in [0.4, 0.5) is 4.39 Å². The van der Waals surface area contributed by atoms with Crippen molar-refractivity contribution >= 4 is 15.6 Å². The van der Waals surface area contributed by atoms with Crippen molar-refractivity contribution in [2.45, 2.75) is 26.0 Å². The summed E-state index contributed by atoms with van der Waals surface area (Å²) < 4.78 is 41.7. The zero-order chi connectivity index (χ0) is 14.6. The maximum absolute atomic E-state index is 13.5. The van der Waals surface area contributed by atoms with E-state index in [-0.39, 0.29) is 29.5 Å². The largest absolute Gasteiger partial charge is 0.492 e. The number of Topliss-reactive ketones (excluding diaryl/α,β-unsaturated/α-hetero) is 1. The number of benzene rings is 1. The van der Waals surface area contributed by atoms with Gasteiger partial charge in [-0.2, -0.15) is 0 Å². The summed E-state index contributed by atoms with van der Waals surface area (Å²) in [7, 11) is -3.17. The van der Waals surface area contributed by atoms with Crippen LogP contribution in [0.1, 0.15) is 31.1 Å². The van der Waals surface area contributed by atoms with Crippen molar-refractivity contribution in [2.24, 2.45) is 0 Å². The second kappa shape index (κ2) is 6.14. The van der Waals surface area contributed by atoms with Crippen LogP contribution in [0, 0.1) is 5.82 Å². The summed E-state index contributed by atoms with van der Waals surface area (Å²) in [5.74, 6) is -0.953. The summed E-state index contributed by atoms with van der Waals surface area (Å²) in [6.45, 7) is 4.42. The van der Waals surface area contributed by atoms with Crippen LogP contribution in [0.2, 0.25) is 0 Å². The van der Waals surface area contributed by atoms with Gasteiger partial charge in [0.25, 0.3) is 0 Å². The molecule has 6 heteroatoms. The van der Waals surface area contributed by atoms with Crippen molar-refractivity contribution in [3.8, 4) is 5.75 Å². The maximum atomic E-state index is 13.5. The average molecular weight is 288 g/mol. The molecule has 0 aliphatic rings. The molecule has 0 fully saturated rings. The van der Waals surface area contributed by atoms with Gasteiger partial charge in [0.2, 0.25) is 0 Å². The minimum atomic E-state index is -3.17. The normalized spacial score (nSPS) is 11.6. The van der Waals surface area contributed by atoms with Crippen LogP contribution in [0.5, 0.6) is 5.75 Å². The van der Waals surface area contributed by atoms with E-state index in [1.165, 1.54) is 19.1 Å². The molecule has 1 aromatic rings. The third-order valence-corrected chi connectivity index (χ3v) is 4.85. The van der Waals surface area contributed by atoms with Crippen molar-refractivity contribution in [1.29, 1.82) is 0 Å². The summed E-state index contributed by atoms with van der Waals surface area (Å²) in [5, 5.41) is -0.465. The Bertz CT molecular complexity index is 564. The minimum absolute atomic E-state index is 0.0119. The third kappa shape index (κ3) is 4.31. The number of sulfone groups is 1. The molecule has 0 heterocycles. The fourth-order valence-electron chi connectivity index (χ4n) is 1.38. The standard InChI is InChI=1S/C13H17FO4S/c1-9(2)19(16,17)7-6-18-11-4-5-12(10(3)15)13(14)8-11/h4-5,8-9H,6-7H2,1-3H3. The predicted octanol–water partition coefficient (Wildman–Crippen LogP) is 2.23. The van der Waals surface area contributed by atoms with E-state index in [9.17, 15) is 17.6 Å². The van der Waals surface area contributed by atoms with E-state index in [0.29, 0.717) is 0 Å². The van der Waals surface area contributed by atoms with E-state index >= 15 is 0 Å². The van der Waals surface area contributed by atoms with Gasteiger partial charge in [0, 0.05) is 6.07 Å². The van der Waals surface area contributed by atoms with Crippen LogP contribution in [0.3, 0.4) is 0 Å². The van der Waals surface area contributed by atoms with Crippen LogP contribution in [-0.2, 0) is 9.84 Å². The van der Waals surface area contributed by atoms with Gasteiger partial charge < -0.3 is 4.74 Å². The first-order valence-electron chi connectivity index (χ1n) is 5.89. The summed E-state index contributed by atoms with van der Waals surface area (Å²) in [4.78, 5) is 11.0. The zero-order valence-electron chi connectivity index (χ0n) is 11.1. The number of carbonyl (C=O) groups is 1. The van der Waals surface area contributed by atoms with Gasteiger partial charge in [0.05, 0.1) is 16.6 Å². The minimum Gasteiger partial charge on any atom is -0.492 e. The van der Waals surface area contributed by atoms with Crippen molar-refractivity contribution < 1.29 is 22.3 Å². The van der Waals surface area contributed by atoms with Crippen LogP contribution in [-0.4, -0.2) is 31.8 Å². The van der Waals surface area contributed by atoms with Gasteiger partial charge in [-0.1, -0.05) is 0 Å². The first kappa shape index (κ1) is 15.6. The molecule has 0 spiro atoms. The lowest BCUT2D eigenvalue weighted by Gasteiger charge is -2.10. The number of rotatable bonds is 6. The van der Waals surface area contributed by atoms with Gasteiger partial charge in [-0.05, 0) is 32.9 Å². The highest BCUT2D eigenvalue weighted by atomic mass is 32.2. The van der Waals surface area contributed by atoms with Gasteiger partial charge in [0.15, 0.2) is 15.6 Å². The summed E-state index contributed by atoms with van der Waals surface area (Å²) >= 11 is 0. The Kier molecular flexibility index (Phi) is 5.05. The number of halogens is 1. The Morgan fingerprint density at radius 2 is 2.00 bits per heavy atom. The molecule has 0 unspecified atom stereocenters. The number of ether oxygens (including phenoxy) is 1. The molecule has 0 radical (unpaired) electrons. The van der Waals surface area contributed by atoms with Crippen molar-refractivity contribution in [1.82, 2.24) is 0 Å². The van der Waals surface area contributed by atoms with Crippen molar-refractivity contribution in [3.05, 3.63) is 29.6 Å². The van der Waals surface area contributed by atoms with Crippen molar-refractivity contribution in [3.63, 3.8) is 0 Å². The molecule has 0 saturated carbocycles. The lowest BCUT2D eigenvalue weighted by atomic mass is 10.1. The Hall–Kier alpha value is -1.43. The van der Waals surface area contributed by atoms with E-state index in [4.69, 9.17) is 4.74 Å². The zero-order valence-corrected chi connectivity index (χ0v) is 12.0. The second-order valence-corrected chi connectivity index (χ2v) is 7.14. The lowest BCUT2D eigenvalue weighted by molar-refractivity contribution is 0.101. The van der Waals surface area contributed by atoms with Crippen molar-refractivity contribution in [2.75, 3.05) is 12.4 Å². The quantitative estimate of drug-likeness (QED) is 0.753. The Morgan fingerprint density at radius 1 is 1.37 bits per heavy atom. The SMILES string of the molecule is CC(=O)c1ccc(OCCS(=O)(=O)C(C)C)cc1F.